The average Bonchev–Trinajstić information content (AvgIpc) is 2.36. The second-order valence-electron chi connectivity index (χ2n) is 5.23. The van der Waals surface area contributed by atoms with Gasteiger partial charge in [-0.1, -0.05) is 0 Å². The number of sulfonamides is 1. The third-order valence-corrected chi connectivity index (χ3v) is 4.89. The van der Waals surface area contributed by atoms with Crippen LogP contribution in [0, 0.1) is 0 Å². The standard InChI is InChI=1S/C13H17NO6S/c1-13(17)8-14(9-13)21(18,19)11-4-2-10(3-5-11)20-7-6-12(15)16/h2-5,17H,6-9H2,1H3,(H,15,16). The van der Waals surface area contributed by atoms with E-state index in [1.807, 2.05) is 0 Å². The highest BCUT2D eigenvalue weighted by atomic mass is 32.2. The van der Waals surface area contributed by atoms with Crippen LogP contribution in [-0.4, -0.2) is 54.2 Å². The fourth-order valence-corrected chi connectivity index (χ4v) is 3.67. The number of hydrogen-bond donors (Lipinski definition) is 2. The summed E-state index contributed by atoms with van der Waals surface area (Å²) < 4.78 is 30.8. The van der Waals surface area contributed by atoms with Gasteiger partial charge in [0.15, 0.2) is 0 Å². The fraction of sp³-hybridized carbons (Fsp3) is 0.462. The molecule has 7 nitrogen and oxygen atoms in total. The van der Waals surface area contributed by atoms with Crippen LogP contribution in [0.5, 0.6) is 5.75 Å². The van der Waals surface area contributed by atoms with E-state index in [0.717, 1.165) is 0 Å². The number of rotatable bonds is 6. The Bertz CT molecular complexity index is 615. The summed E-state index contributed by atoms with van der Waals surface area (Å²) in [6.07, 6.45) is -0.122. The van der Waals surface area contributed by atoms with Crippen molar-refractivity contribution in [1.82, 2.24) is 4.31 Å². The first-order chi connectivity index (χ1) is 9.71. The Labute approximate surface area is 122 Å². The minimum atomic E-state index is -3.60. The number of aliphatic carboxylic acids is 1. The van der Waals surface area contributed by atoms with E-state index in [0.29, 0.717) is 5.75 Å². The predicted molar refractivity (Wildman–Crippen MR) is 73.6 cm³/mol. The maximum atomic E-state index is 12.2. The van der Waals surface area contributed by atoms with E-state index in [2.05, 4.69) is 0 Å². The lowest BCUT2D eigenvalue weighted by Crippen LogP contribution is -2.61. The lowest BCUT2D eigenvalue weighted by Gasteiger charge is -2.42. The molecule has 0 aliphatic carbocycles. The minimum Gasteiger partial charge on any atom is -0.493 e. The van der Waals surface area contributed by atoms with Crippen LogP contribution in [0.3, 0.4) is 0 Å². The van der Waals surface area contributed by atoms with Gasteiger partial charge in [0.05, 0.1) is 23.5 Å². The Morgan fingerprint density at radius 1 is 1.33 bits per heavy atom. The number of hydrogen-bond acceptors (Lipinski definition) is 5. The number of carboxylic acid groups (broad SMARTS) is 1. The lowest BCUT2D eigenvalue weighted by molar-refractivity contribution is -0.137. The van der Waals surface area contributed by atoms with E-state index in [1.54, 1.807) is 6.92 Å². The number of carboxylic acids is 1. The number of nitrogens with zero attached hydrogens (tertiary/aromatic N) is 1. The Morgan fingerprint density at radius 2 is 1.90 bits per heavy atom. The molecule has 1 aromatic rings. The van der Waals surface area contributed by atoms with Crippen LogP contribution in [0.15, 0.2) is 29.2 Å². The second-order valence-corrected chi connectivity index (χ2v) is 7.17. The summed E-state index contributed by atoms with van der Waals surface area (Å²) in [6.45, 7) is 1.76. The van der Waals surface area contributed by atoms with Crippen molar-refractivity contribution in [1.29, 1.82) is 0 Å². The molecule has 0 amide bonds. The molecule has 2 rings (SSSR count). The van der Waals surface area contributed by atoms with Gasteiger partial charge < -0.3 is 14.9 Å². The van der Waals surface area contributed by atoms with Crippen LogP contribution in [0.4, 0.5) is 0 Å². The molecule has 1 saturated heterocycles. The normalized spacial score (nSPS) is 18.0. The highest BCUT2D eigenvalue weighted by Gasteiger charge is 2.43. The lowest BCUT2D eigenvalue weighted by atomic mass is 10.0. The number of ether oxygens (including phenoxy) is 1. The monoisotopic (exact) mass is 315 g/mol. The van der Waals surface area contributed by atoms with Crippen molar-refractivity contribution in [3.63, 3.8) is 0 Å². The van der Waals surface area contributed by atoms with Crippen molar-refractivity contribution in [2.24, 2.45) is 0 Å². The van der Waals surface area contributed by atoms with Gasteiger partial charge in [0.2, 0.25) is 10.0 Å². The van der Waals surface area contributed by atoms with Crippen molar-refractivity contribution in [2.45, 2.75) is 23.8 Å². The van der Waals surface area contributed by atoms with Crippen molar-refractivity contribution in [3.05, 3.63) is 24.3 Å². The van der Waals surface area contributed by atoms with Gasteiger partial charge in [-0.25, -0.2) is 8.42 Å². The van der Waals surface area contributed by atoms with Gasteiger partial charge in [0.1, 0.15) is 5.75 Å². The summed E-state index contributed by atoms with van der Waals surface area (Å²) in [4.78, 5) is 10.5. The van der Waals surface area contributed by atoms with Crippen molar-refractivity contribution in [2.75, 3.05) is 19.7 Å². The van der Waals surface area contributed by atoms with Crippen molar-refractivity contribution >= 4 is 16.0 Å². The van der Waals surface area contributed by atoms with Crippen LogP contribution < -0.4 is 4.74 Å². The fourth-order valence-electron chi connectivity index (χ4n) is 2.00. The molecule has 8 heteroatoms. The summed E-state index contributed by atoms with van der Waals surface area (Å²) in [7, 11) is -3.60. The number of benzene rings is 1. The van der Waals surface area contributed by atoms with E-state index < -0.39 is 21.6 Å². The number of aliphatic hydroxyl groups is 1. The van der Waals surface area contributed by atoms with E-state index in [1.165, 1.54) is 28.6 Å². The van der Waals surface area contributed by atoms with Crippen LogP contribution in [-0.2, 0) is 14.8 Å². The number of β-amino-alcohol motifs (C(OH)–C–C–N with tert-alkyl or cyclic N) is 1. The molecule has 0 spiro atoms. The van der Waals surface area contributed by atoms with E-state index in [9.17, 15) is 18.3 Å². The van der Waals surface area contributed by atoms with E-state index in [4.69, 9.17) is 9.84 Å². The number of carbonyl (C=O) groups is 1. The Balaban J connectivity index is 2.00. The third kappa shape index (κ3) is 3.72. The second kappa shape index (κ2) is 5.63. The van der Waals surface area contributed by atoms with Gasteiger partial charge in [-0.3, -0.25) is 4.79 Å². The molecule has 0 bridgehead atoms. The predicted octanol–water partition coefficient (Wildman–Crippen LogP) is 0.295. The molecular formula is C13H17NO6S. The summed E-state index contributed by atoms with van der Waals surface area (Å²) >= 11 is 0. The van der Waals surface area contributed by atoms with Crippen LogP contribution in [0.2, 0.25) is 0 Å². The molecule has 1 aliphatic heterocycles. The topological polar surface area (TPSA) is 104 Å². The van der Waals surface area contributed by atoms with Gasteiger partial charge in [-0.2, -0.15) is 4.31 Å². The Kier molecular flexibility index (Phi) is 4.22. The molecule has 0 aromatic heterocycles. The highest BCUT2D eigenvalue weighted by molar-refractivity contribution is 7.89. The summed E-state index contributed by atoms with van der Waals surface area (Å²) in [5.41, 5.74) is -0.965. The molecule has 1 aliphatic rings. The van der Waals surface area contributed by atoms with Gasteiger partial charge in [0, 0.05) is 13.1 Å². The molecule has 1 heterocycles. The van der Waals surface area contributed by atoms with Gasteiger partial charge in [0.25, 0.3) is 0 Å². The zero-order chi connectivity index (χ0) is 15.7. The smallest absolute Gasteiger partial charge is 0.306 e. The molecule has 0 unspecified atom stereocenters. The zero-order valence-corrected chi connectivity index (χ0v) is 12.3. The first-order valence-corrected chi connectivity index (χ1v) is 7.82. The van der Waals surface area contributed by atoms with Crippen molar-refractivity contribution in [3.8, 4) is 5.75 Å². The van der Waals surface area contributed by atoms with E-state index >= 15 is 0 Å². The summed E-state index contributed by atoms with van der Waals surface area (Å²) in [5, 5.41) is 18.1. The molecule has 0 saturated carbocycles. The highest BCUT2D eigenvalue weighted by Crippen LogP contribution is 2.28. The first kappa shape index (κ1) is 15.7. The van der Waals surface area contributed by atoms with Crippen LogP contribution in [0.1, 0.15) is 13.3 Å². The average molecular weight is 315 g/mol. The van der Waals surface area contributed by atoms with Gasteiger partial charge in [-0.15, -0.1) is 0 Å². The molecule has 2 N–H and O–H groups in total. The summed E-state index contributed by atoms with van der Waals surface area (Å²) in [6, 6.07) is 5.76. The van der Waals surface area contributed by atoms with Gasteiger partial charge in [-0.05, 0) is 31.2 Å². The van der Waals surface area contributed by atoms with Crippen LogP contribution >= 0.6 is 0 Å². The molecule has 0 radical (unpaired) electrons. The maximum absolute atomic E-state index is 12.2. The Hall–Kier alpha value is -1.64. The quantitative estimate of drug-likeness (QED) is 0.782. The first-order valence-electron chi connectivity index (χ1n) is 6.38. The van der Waals surface area contributed by atoms with E-state index in [-0.39, 0.29) is 31.0 Å². The third-order valence-electron chi connectivity index (χ3n) is 3.08. The zero-order valence-electron chi connectivity index (χ0n) is 11.5. The summed E-state index contributed by atoms with van der Waals surface area (Å²) in [5.74, 6) is -0.551. The largest absolute Gasteiger partial charge is 0.493 e. The Morgan fingerprint density at radius 3 is 2.38 bits per heavy atom. The maximum Gasteiger partial charge on any atom is 0.306 e. The molecule has 1 aromatic carbocycles. The molecule has 116 valence electrons. The van der Waals surface area contributed by atoms with Crippen LogP contribution in [0.25, 0.3) is 0 Å². The molecule has 1 fully saturated rings. The molecular weight excluding hydrogens is 298 g/mol. The SMILES string of the molecule is CC1(O)CN(S(=O)(=O)c2ccc(OCCC(=O)O)cc2)C1. The molecule has 0 atom stereocenters. The van der Waals surface area contributed by atoms with Crippen molar-refractivity contribution < 1.29 is 28.2 Å². The minimum absolute atomic E-state index is 0.0242. The van der Waals surface area contributed by atoms with Gasteiger partial charge >= 0.3 is 5.97 Å². The molecule has 21 heavy (non-hydrogen) atoms.